The van der Waals surface area contributed by atoms with Crippen LogP contribution < -0.4 is 15.8 Å². The summed E-state index contributed by atoms with van der Waals surface area (Å²) in [6, 6.07) is 12.9. The molecule has 5 N–H and O–H groups in total. The number of anilines is 1. The zero-order valence-electron chi connectivity index (χ0n) is 19.8. The second-order valence-electron chi connectivity index (χ2n) is 8.14. The van der Waals surface area contributed by atoms with Gasteiger partial charge >= 0.3 is 5.97 Å². The third-order valence-corrected chi connectivity index (χ3v) is 5.62. The summed E-state index contributed by atoms with van der Waals surface area (Å²) < 4.78 is 11.4. The van der Waals surface area contributed by atoms with Crippen LogP contribution in [0.15, 0.2) is 48.5 Å². The van der Waals surface area contributed by atoms with Crippen molar-refractivity contribution in [2.24, 2.45) is 5.73 Å². The van der Waals surface area contributed by atoms with Crippen LogP contribution in [-0.2, 0) is 4.74 Å². The molecule has 0 saturated carbocycles. The van der Waals surface area contributed by atoms with Crippen LogP contribution in [0.1, 0.15) is 48.2 Å². The van der Waals surface area contributed by atoms with Gasteiger partial charge in [-0.05, 0) is 43.7 Å². The lowest BCUT2D eigenvalue weighted by Crippen LogP contribution is -2.40. The first-order chi connectivity index (χ1) is 16.4. The average molecular weight is 464 g/mol. The smallest absolute Gasteiger partial charge is 0.341 e. The molecule has 0 atom stereocenters. The van der Waals surface area contributed by atoms with Gasteiger partial charge in [-0.1, -0.05) is 30.4 Å². The van der Waals surface area contributed by atoms with Gasteiger partial charge in [-0.25, -0.2) is 4.79 Å². The second-order valence-corrected chi connectivity index (χ2v) is 8.14. The highest BCUT2D eigenvalue weighted by atomic mass is 16.5. The van der Waals surface area contributed by atoms with Gasteiger partial charge in [0.15, 0.2) is 0 Å². The topological polar surface area (TPSA) is 125 Å². The van der Waals surface area contributed by atoms with Gasteiger partial charge in [0, 0.05) is 43.7 Å². The highest BCUT2D eigenvalue weighted by Gasteiger charge is 2.23. The lowest BCUT2D eigenvalue weighted by Gasteiger charge is -2.33. The maximum Gasteiger partial charge on any atom is 0.341 e. The molecular weight excluding hydrogens is 430 g/mol. The predicted molar refractivity (Wildman–Crippen MR) is 136 cm³/mol. The first-order valence-corrected chi connectivity index (χ1v) is 11.5. The Hall–Kier alpha value is -3.81. The van der Waals surface area contributed by atoms with E-state index in [1.165, 1.54) is 0 Å². The van der Waals surface area contributed by atoms with Crippen molar-refractivity contribution in [2.75, 3.05) is 31.6 Å². The Labute approximate surface area is 200 Å². The van der Waals surface area contributed by atoms with Crippen LogP contribution in [0.3, 0.4) is 0 Å². The van der Waals surface area contributed by atoms with Crippen molar-refractivity contribution in [2.45, 2.75) is 32.8 Å². The molecule has 3 rings (SSSR count). The minimum absolute atomic E-state index is 0.00344. The van der Waals surface area contributed by atoms with Crippen molar-refractivity contribution in [3.8, 4) is 5.75 Å². The average Bonchev–Trinajstić information content (AvgIpc) is 2.83. The molecule has 1 heterocycles. The number of nitrogen functional groups attached to an aromatic ring is 1. The molecule has 2 aromatic carbocycles. The van der Waals surface area contributed by atoms with Crippen LogP contribution in [-0.4, -0.2) is 54.9 Å². The SMILES string of the molecule is CCOC(=O)c1cc(NC/C=C/c2cccc(C(=N)N)c2)ccc1OC1CCN(C(C)=N)CC1. The van der Waals surface area contributed by atoms with Crippen molar-refractivity contribution < 1.29 is 14.3 Å². The van der Waals surface area contributed by atoms with E-state index in [2.05, 4.69) is 5.32 Å². The summed E-state index contributed by atoms with van der Waals surface area (Å²) in [5.41, 5.74) is 8.37. The number of hydrogen-bond donors (Lipinski definition) is 4. The van der Waals surface area contributed by atoms with Crippen molar-refractivity contribution in [3.05, 3.63) is 65.2 Å². The second kappa shape index (κ2) is 11.9. The first-order valence-electron chi connectivity index (χ1n) is 11.5. The van der Waals surface area contributed by atoms with E-state index in [9.17, 15) is 4.79 Å². The summed E-state index contributed by atoms with van der Waals surface area (Å²) in [6.07, 6.45) is 5.51. The zero-order valence-corrected chi connectivity index (χ0v) is 19.8. The minimum Gasteiger partial charge on any atom is -0.489 e. The van der Waals surface area contributed by atoms with Gasteiger partial charge in [-0.3, -0.25) is 10.8 Å². The monoisotopic (exact) mass is 463 g/mol. The molecular formula is C26H33N5O3. The zero-order chi connectivity index (χ0) is 24.5. The molecule has 0 spiro atoms. The number of likely N-dealkylation sites (tertiary alicyclic amines) is 1. The van der Waals surface area contributed by atoms with Gasteiger partial charge in [0.1, 0.15) is 23.3 Å². The number of esters is 1. The van der Waals surface area contributed by atoms with E-state index in [0.717, 1.165) is 37.2 Å². The van der Waals surface area contributed by atoms with Crippen molar-refractivity contribution in [1.82, 2.24) is 4.90 Å². The fraction of sp³-hybridized carbons (Fsp3) is 0.346. The fourth-order valence-electron chi connectivity index (χ4n) is 3.78. The highest BCUT2D eigenvalue weighted by molar-refractivity contribution is 5.95. The Morgan fingerprint density at radius 1 is 1.21 bits per heavy atom. The lowest BCUT2D eigenvalue weighted by molar-refractivity contribution is 0.0515. The highest BCUT2D eigenvalue weighted by Crippen LogP contribution is 2.27. The number of carbonyl (C=O) groups is 1. The molecule has 0 aromatic heterocycles. The lowest BCUT2D eigenvalue weighted by atomic mass is 10.1. The summed E-state index contributed by atoms with van der Waals surface area (Å²) in [7, 11) is 0. The number of rotatable bonds is 9. The molecule has 8 nitrogen and oxygen atoms in total. The van der Waals surface area contributed by atoms with Gasteiger partial charge in [0.05, 0.1) is 12.4 Å². The van der Waals surface area contributed by atoms with Crippen LogP contribution in [0.5, 0.6) is 5.75 Å². The number of nitrogens with zero attached hydrogens (tertiary/aromatic N) is 1. The summed E-state index contributed by atoms with van der Waals surface area (Å²) in [5, 5.41) is 18.6. The fourth-order valence-corrected chi connectivity index (χ4v) is 3.78. The molecule has 180 valence electrons. The molecule has 1 aliphatic heterocycles. The molecule has 0 radical (unpaired) electrons. The van der Waals surface area contributed by atoms with Gasteiger partial charge in [-0.2, -0.15) is 0 Å². The largest absolute Gasteiger partial charge is 0.489 e. The van der Waals surface area contributed by atoms with Gasteiger partial charge < -0.3 is 25.4 Å². The number of benzene rings is 2. The third kappa shape index (κ3) is 6.84. The maximum absolute atomic E-state index is 12.6. The van der Waals surface area contributed by atoms with E-state index in [-0.39, 0.29) is 18.5 Å². The number of hydrogen-bond acceptors (Lipinski definition) is 6. The van der Waals surface area contributed by atoms with Gasteiger partial charge in [0.25, 0.3) is 0 Å². The van der Waals surface area contributed by atoms with E-state index in [1.807, 2.05) is 47.4 Å². The number of nitrogens with one attached hydrogen (secondary N) is 3. The Morgan fingerprint density at radius 2 is 1.97 bits per heavy atom. The van der Waals surface area contributed by atoms with E-state index < -0.39 is 5.97 Å². The Kier molecular flexibility index (Phi) is 8.67. The quantitative estimate of drug-likeness (QED) is 0.252. The summed E-state index contributed by atoms with van der Waals surface area (Å²) in [4.78, 5) is 14.6. The minimum atomic E-state index is -0.412. The molecule has 2 aromatic rings. The van der Waals surface area contributed by atoms with Crippen LogP contribution >= 0.6 is 0 Å². The first kappa shape index (κ1) is 24.8. The molecule has 8 heteroatoms. The molecule has 1 fully saturated rings. The molecule has 0 amide bonds. The maximum atomic E-state index is 12.6. The Bertz CT molecular complexity index is 1060. The Morgan fingerprint density at radius 3 is 2.65 bits per heavy atom. The Balaban J connectivity index is 1.65. The van der Waals surface area contributed by atoms with Crippen LogP contribution in [0.2, 0.25) is 0 Å². The van der Waals surface area contributed by atoms with Crippen LogP contribution in [0.25, 0.3) is 6.08 Å². The molecule has 1 saturated heterocycles. The molecule has 0 bridgehead atoms. The number of ether oxygens (including phenoxy) is 2. The number of nitrogens with two attached hydrogens (primary N) is 1. The molecule has 0 unspecified atom stereocenters. The van der Waals surface area contributed by atoms with Crippen LogP contribution in [0.4, 0.5) is 5.69 Å². The number of amidine groups is 2. The summed E-state index contributed by atoms with van der Waals surface area (Å²) in [6.45, 7) is 5.96. The van der Waals surface area contributed by atoms with E-state index in [4.69, 9.17) is 26.0 Å². The molecule has 34 heavy (non-hydrogen) atoms. The standard InChI is InChI=1S/C26H33N5O3/c1-3-33-26(32)23-17-21(30-13-5-7-19-6-4-8-20(16-19)25(28)29)9-10-24(23)34-22-11-14-31(15-12-22)18(2)27/h4-10,16-17,22,27,30H,3,11-15H2,1-2H3,(H3,28,29)/b7-5+,27-18?. The van der Waals surface area contributed by atoms with Gasteiger partial charge in [-0.15, -0.1) is 0 Å². The van der Waals surface area contributed by atoms with Crippen molar-refractivity contribution in [3.63, 3.8) is 0 Å². The third-order valence-electron chi connectivity index (χ3n) is 5.62. The molecule has 0 aliphatic carbocycles. The predicted octanol–water partition coefficient (Wildman–Crippen LogP) is 4.11. The molecule has 1 aliphatic rings. The van der Waals surface area contributed by atoms with Crippen LogP contribution in [0, 0.1) is 10.8 Å². The summed E-state index contributed by atoms with van der Waals surface area (Å²) >= 11 is 0. The van der Waals surface area contributed by atoms with Gasteiger partial charge in [0.2, 0.25) is 0 Å². The number of piperidine rings is 1. The van der Waals surface area contributed by atoms with E-state index in [0.29, 0.717) is 29.3 Å². The normalized spacial score (nSPS) is 14.1. The summed E-state index contributed by atoms with van der Waals surface area (Å²) in [5.74, 6) is 0.718. The number of carbonyl (C=O) groups excluding carboxylic acids is 1. The van der Waals surface area contributed by atoms with Crippen molar-refractivity contribution >= 4 is 29.4 Å². The van der Waals surface area contributed by atoms with E-state index in [1.54, 1.807) is 26.0 Å². The van der Waals surface area contributed by atoms with Crippen molar-refractivity contribution in [1.29, 1.82) is 10.8 Å². The van der Waals surface area contributed by atoms with E-state index >= 15 is 0 Å².